The van der Waals surface area contributed by atoms with Crippen molar-refractivity contribution in [1.82, 2.24) is 9.97 Å². The number of aryl methyl sites for hydroxylation is 1. The Morgan fingerprint density at radius 1 is 1.11 bits per heavy atom. The quantitative estimate of drug-likeness (QED) is 0.352. The molecule has 8 nitrogen and oxygen atoms in total. The van der Waals surface area contributed by atoms with Crippen LogP contribution in [0.2, 0.25) is 0 Å². The Labute approximate surface area is 215 Å². The maximum Gasteiger partial charge on any atom is 0.258 e. The van der Waals surface area contributed by atoms with Crippen LogP contribution >= 0.6 is 0 Å². The molecule has 36 heavy (non-hydrogen) atoms. The second kappa shape index (κ2) is 13.4. The minimum Gasteiger partial charge on any atom is -0.475 e. The number of hydrogen-bond donors (Lipinski definition) is 3. The van der Waals surface area contributed by atoms with Crippen LogP contribution in [0.25, 0.3) is 11.3 Å². The van der Waals surface area contributed by atoms with E-state index < -0.39 is 0 Å². The summed E-state index contributed by atoms with van der Waals surface area (Å²) >= 11 is 0. The molecule has 0 aromatic carbocycles. The van der Waals surface area contributed by atoms with Gasteiger partial charge in [-0.25, -0.2) is 9.98 Å². The predicted molar refractivity (Wildman–Crippen MR) is 147 cm³/mol. The maximum atomic E-state index is 7.00. The van der Waals surface area contributed by atoms with Crippen LogP contribution in [-0.2, 0) is 11.2 Å². The van der Waals surface area contributed by atoms with Crippen LogP contribution in [0, 0.1) is 18.8 Å². The highest BCUT2D eigenvalue weighted by Gasteiger charge is 2.25. The second-order valence-electron chi connectivity index (χ2n) is 9.44. The van der Waals surface area contributed by atoms with Crippen molar-refractivity contribution in [3.05, 3.63) is 34.9 Å². The van der Waals surface area contributed by atoms with E-state index in [0.717, 1.165) is 73.1 Å². The van der Waals surface area contributed by atoms with Crippen LogP contribution in [0.4, 0.5) is 11.8 Å². The van der Waals surface area contributed by atoms with Gasteiger partial charge in [0, 0.05) is 31.5 Å². The van der Waals surface area contributed by atoms with Gasteiger partial charge in [0.25, 0.3) is 5.90 Å². The summed E-state index contributed by atoms with van der Waals surface area (Å²) in [5, 5.41) is 14.0. The Morgan fingerprint density at radius 2 is 1.86 bits per heavy atom. The lowest BCUT2D eigenvalue weighted by Gasteiger charge is -2.16. The van der Waals surface area contributed by atoms with E-state index in [0.29, 0.717) is 30.1 Å². The molecule has 8 heteroatoms. The van der Waals surface area contributed by atoms with Crippen molar-refractivity contribution in [2.75, 3.05) is 37.4 Å². The summed E-state index contributed by atoms with van der Waals surface area (Å²) in [5.74, 6) is 4.96. The standard InChI is InChI=1S/C27H39N5O2.CH4O/c1-6-19(7-2)13-14-28-25-23(18(5)31-27(32-25)29-16-20-10-11-20)22-15-21-12-9-17(4)30-26(33-8-3)24(21)34-22;1-2/h9,15,19-20H,6-8,10-14,16H2,1-5H3,(H2,28,29,31,32);2H,1H3. The lowest BCUT2D eigenvalue weighted by atomic mass is 9.99. The maximum absolute atomic E-state index is 7.00. The van der Waals surface area contributed by atoms with E-state index in [-0.39, 0.29) is 0 Å². The Kier molecular flexibility index (Phi) is 10.3. The number of nitrogens with zero attached hydrogens (tertiary/aromatic N) is 3. The van der Waals surface area contributed by atoms with Crippen LogP contribution in [0.15, 0.2) is 27.2 Å². The first-order valence-corrected chi connectivity index (χ1v) is 13.3. The predicted octanol–water partition coefficient (Wildman–Crippen LogP) is 5.96. The molecule has 1 aliphatic carbocycles. The molecule has 0 spiro atoms. The summed E-state index contributed by atoms with van der Waals surface area (Å²) in [7, 11) is 1.00. The molecule has 1 saturated carbocycles. The summed E-state index contributed by atoms with van der Waals surface area (Å²) in [6, 6.07) is 2.09. The highest BCUT2D eigenvalue weighted by Crippen LogP contribution is 2.36. The van der Waals surface area contributed by atoms with Gasteiger partial charge in [0.1, 0.15) is 11.6 Å². The number of rotatable bonds is 11. The van der Waals surface area contributed by atoms with Gasteiger partial charge in [0.15, 0.2) is 5.76 Å². The van der Waals surface area contributed by atoms with E-state index in [1.165, 1.54) is 25.7 Å². The number of aliphatic hydroxyl groups is 1. The van der Waals surface area contributed by atoms with Gasteiger partial charge in [-0.15, -0.1) is 0 Å². The second-order valence-corrected chi connectivity index (χ2v) is 9.44. The molecule has 0 atom stereocenters. The van der Waals surface area contributed by atoms with Crippen molar-refractivity contribution in [3.8, 4) is 11.3 Å². The average Bonchev–Trinajstić information content (AvgIpc) is 3.64. The first kappa shape index (κ1) is 27.7. The lowest BCUT2D eigenvalue weighted by Crippen LogP contribution is -2.14. The van der Waals surface area contributed by atoms with Gasteiger partial charge < -0.3 is 24.9 Å². The molecule has 3 heterocycles. The van der Waals surface area contributed by atoms with E-state index in [9.17, 15) is 0 Å². The van der Waals surface area contributed by atoms with Crippen molar-refractivity contribution < 1.29 is 14.3 Å². The van der Waals surface area contributed by atoms with E-state index in [4.69, 9.17) is 24.2 Å². The van der Waals surface area contributed by atoms with E-state index in [1.807, 2.05) is 20.8 Å². The van der Waals surface area contributed by atoms with Crippen molar-refractivity contribution in [2.45, 2.75) is 73.1 Å². The number of aromatic nitrogens is 2. The SMILES string of the molecule is CCOC1=NC(C)=CCc2cc(-c3c(C)nc(NCC4CC4)nc3NCCC(CC)CC)oc21.CO. The Morgan fingerprint density at radius 3 is 2.53 bits per heavy atom. The first-order valence-electron chi connectivity index (χ1n) is 13.3. The van der Waals surface area contributed by atoms with Crippen LogP contribution in [0.3, 0.4) is 0 Å². The third-order valence-electron chi connectivity index (χ3n) is 6.76. The molecule has 2 aromatic heterocycles. The number of ether oxygens (including phenoxy) is 1. The van der Waals surface area contributed by atoms with Crippen LogP contribution in [-0.4, -0.2) is 47.8 Å². The monoisotopic (exact) mass is 497 g/mol. The first-order chi connectivity index (χ1) is 17.5. The molecule has 0 saturated heterocycles. The smallest absolute Gasteiger partial charge is 0.258 e. The topological polar surface area (TPSA) is 105 Å². The zero-order chi connectivity index (χ0) is 26.1. The lowest BCUT2D eigenvalue weighted by molar-refractivity contribution is 0.319. The Bertz CT molecular complexity index is 1050. The summed E-state index contributed by atoms with van der Waals surface area (Å²) in [6.45, 7) is 12.8. The largest absolute Gasteiger partial charge is 0.475 e. The number of anilines is 2. The molecular formula is C28H43N5O3. The summed E-state index contributed by atoms with van der Waals surface area (Å²) in [4.78, 5) is 14.3. The minimum absolute atomic E-state index is 0.536. The molecule has 2 aromatic rings. The van der Waals surface area contributed by atoms with Crippen molar-refractivity contribution in [1.29, 1.82) is 0 Å². The van der Waals surface area contributed by atoms with E-state index in [2.05, 4.69) is 41.6 Å². The van der Waals surface area contributed by atoms with Crippen molar-refractivity contribution in [3.63, 3.8) is 0 Å². The fourth-order valence-corrected chi connectivity index (χ4v) is 4.36. The highest BCUT2D eigenvalue weighted by molar-refractivity contribution is 5.95. The molecule has 3 N–H and O–H groups in total. The number of fused-ring (bicyclic) bond motifs is 1. The van der Waals surface area contributed by atoms with Gasteiger partial charge in [-0.3, -0.25) is 0 Å². The molecule has 0 amide bonds. The highest BCUT2D eigenvalue weighted by atomic mass is 16.5. The fraction of sp³-hybridized carbons (Fsp3) is 0.607. The molecule has 4 rings (SSSR count). The summed E-state index contributed by atoms with van der Waals surface area (Å²) in [6.07, 6.45) is 8.94. The normalized spacial score (nSPS) is 14.8. The van der Waals surface area contributed by atoms with Crippen LogP contribution < -0.4 is 10.6 Å². The van der Waals surface area contributed by atoms with Gasteiger partial charge in [-0.1, -0.05) is 32.8 Å². The molecule has 0 radical (unpaired) electrons. The van der Waals surface area contributed by atoms with Crippen LogP contribution in [0.1, 0.15) is 76.8 Å². The summed E-state index contributed by atoms with van der Waals surface area (Å²) in [5.41, 5.74) is 3.80. The van der Waals surface area contributed by atoms with Crippen molar-refractivity contribution >= 4 is 17.7 Å². The number of aliphatic hydroxyl groups excluding tert-OH is 1. The van der Waals surface area contributed by atoms with Gasteiger partial charge in [0.2, 0.25) is 5.95 Å². The molecule has 0 unspecified atom stereocenters. The van der Waals surface area contributed by atoms with Crippen LogP contribution in [0.5, 0.6) is 0 Å². The van der Waals surface area contributed by atoms with Gasteiger partial charge in [-0.05, 0) is 64.4 Å². The fourth-order valence-electron chi connectivity index (χ4n) is 4.36. The molecule has 1 fully saturated rings. The van der Waals surface area contributed by atoms with E-state index >= 15 is 0 Å². The Balaban J connectivity index is 0.00000176. The number of hydrogen-bond acceptors (Lipinski definition) is 8. The zero-order valence-corrected chi connectivity index (χ0v) is 22.8. The molecule has 0 bridgehead atoms. The molecule has 198 valence electrons. The zero-order valence-electron chi connectivity index (χ0n) is 22.8. The number of aliphatic imine (C=N–C) groups is 1. The Hall–Kier alpha value is -2.87. The molecule has 1 aliphatic heterocycles. The number of furan rings is 1. The molecule has 2 aliphatic rings. The minimum atomic E-state index is 0.536. The number of allylic oxidation sites excluding steroid dienone is 2. The van der Waals surface area contributed by atoms with E-state index in [1.54, 1.807) is 0 Å². The van der Waals surface area contributed by atoms with Gasteiger partial charge in [-0.2, -0.15) is 4.98 Å². The average molecular weight is 498 g/mol. The summed E-state index contributed by atoms with van der Waals surface area (Å²) < 4.78 is 12.2. The third-order valence-corrected chi connectivity index (χ3v) is 6.76. The molecular weight excluding hydrogens is 454 g/mol. The van der Waals surface area contributed by atoms with Gasteiger partial charge in [0.05, 0.1) is 17.9 Å². The number of nitrogens with one attached hydrogen (secondary N) is 2. The van der Waals surface area contributed by atoms with Crippen molar-refractivity contribution in [2.24, 2.45) is 16.8 Å². The third kappa shape index (κ3) is 7.09. The van der Waals surface area contributed by atoms with Gasteiger partial charge >= 0.3 is 0 Å².